The second kappa shape index (κ2) is 15.9. The van der Waals surface area contributed by atoms with Crippen molar-refractivity contribution in [1.82, 2.24) is 5.32 Å². The fraction of sp³-hybridized carbons (Fsp3) is 0.773. The summed E-state index contributed by atoms with van der Waals surface area (Å²) in [5, 5.41) is 3.52. The standard InChI is InChI=1S/C20H35NO3S.C2H6.2H2O.H2/c1-8-23-14-19(4,5)15(2)13-16(3)21-18(22)20(6,7)25-17-9-11-24-12-10-17;1-2;;;/h13,17H,2,8-12,14H2,1,3-7H3,(H,21,22);1-2H3;2*1H2;1H/b16-13+;;;;. The van der Waals surface area contributed by atoms with Crippen molar-refractivity contribution < 1.29 is 26.6 Å². The lowest BCUT2D eigenvalue weighted by Gasteiger charge is -2.31. The summed E-state index contributed by atoms with van der Waals surface area (Å²) in [4.78, 5) is 12.7. The van der Waals surface area contributed by atoms with Crippen LogP contribution in [-0.4, -0.2) is 53.3 Å². The van der Waals surface area contributed by atoms with Crippen LogP contribution in [0.1, 0.15) is 69.7 Å². The summed E-state index contributed by atoms with van der Waals surface area (Å²) in [6.07, 6.45) is 3.98. The van der Waals surface area contributed by atoms with E-state index >= 15 is 0 Å². The number of ether oxygens (including phenoxy) is 2. The average Bonchev–Trinajstić information content (AvgIpc) is 2.62. The molecule has 1 heterocycles. The molecule has 0 saturated carbocycles. The first kappa shape index (κ1) is 32.8. The third-order valence-corrected chi connectivity index (χ3v) is 5.99. The number of nitrogens with one attached hydrogen (secondary N) is 1. The SMILES string of the molecule is C=C(/C=C(\C)NC(=O)C(C)(C)SC1CCOCC1)C(C)(C)COCC.CC.O.O.[HH]. The Hall–Kier alpha value is -0.860. The van der Waals surface area contributed by atoms with Gasteiger partial charge in [0.05, 0.1) is 11.4 Å². The molecule has 1 aliphatic rings. The van der Waals surface area contributed by atoms with Gasteiger partial charge in [0.2, 0.25) is 5.91 Å². The molecule has 0 bridgehead atoms. The molecular formula is C22H47NO5S. The number of rotatable bonds is 9. The van der Waals surface area contributed by atoms with E-state index in [1.54, 1.807) is 11.8 Å². The zero-order chi connectivity index (χ0) is 21.1. The fourth-order valence-electron chi connectivity index (χ4n) is 2.54. The van der Waals surface area contributed by atoms with Crippen LogP contribution in [0.4, 0.5) is 0 Å². The zero-order valence-corrected chi connectivity index (χ0v) is 20.6. The van der Waals surface area contributed by atoms with Crippen LogP contribution in [0.15, 0.2) is 23.9 Å². The third kappa shape index (κ3) is 12.4. The lowest BCUT2D eigenvalue weighted by molar-refractivity contribution is -0.121. The Morgan fingerprint density at radius 2 is 1.76 bits per heavy atom. The minimum Gasteiger partial charge on any atom is -0.412 e. The molecule has 1 amide bonds. The van der Waals surface area contributed by atoms with Crippen molar-refractivity contribution in [2.24, 2.45) is 5.41 Å². The maximum atomic E-state index is 12.7. The number of carbonyl (C=O) groups excluding carboxylic acids is 1. The Labute approximate surface area is 184 Å². The normalized spacial score (nSPS) is 15.2. The monoisotopic (exact) mass is 437 g/mol. The molecule has 0 aromatic rings. The molecule has 1 fully saturated rings. The van der Waals surface area contributed by atoms with Gasteiger partial charge < -0.3 is 25.7 Å². The summed E-state index contributed by atoms with van der Waals surface area (Å²) in [5.41, 5.74) is 1.61. The van der Waals surface area contributed by atoms with E-state index in [1.165, 1.54) is 0 Å². The number of hydrogen-bond acceptors (Lipinski definition) is 4. The van der Waals surface area contributed by atoms with Crippen LogP contribution in [0, 0.1) is 5.41 Å². The molecule has 0 radical (unpaired) electrons. The van der Waals surface area contributed by atoms with Gasteiger partial charge in [0, 0.05) is 37.6 Å². The van der Waals surface area contributed by atoms with Crippen molar-refractivity contribution in [1.29, 1.82) is 0 Å². The van der Waals surface area contributed by atoms with E-state index in [0.29, 0.717) is 18.5 Å². The summed E-state index contributed by atoms with van der Waals surface area (Å²) < 4.78 is 10.5. The smallest absolute Gasteiger partial charge is 0.239 e. The van der Waals surface area contributed by atoms with E-state index < -0.39 is 4.75 Å². The highest BCUT2D eigenvalue weighted by Crippen LogP contribution is 2.34. The highest BCUT2D eigenvalue weighted by molar-refractivity contribution is 8.01. The Kier molecular flexibility index (Phi) is 18.0. The van der Waals surface area contributed by atoms with Crippen LogP contribution < -0.4 is 5.32 Å². The van der Waals surface area contributed by atoms with Gasteiger partial charge >= 0.3 is 0 Å². The van der Waals surface area contributed by atoms with Crippen molar-refractivity contribution in [3.63, 3.8) is 0 Å². The van der Waals surface area contributed by atoms with Gasteiger partial charge in [-0.3, -0.25) is 4.79 Å². The molecule has 29 heavy (non-hydrogen) atoms. The van der Waals surface area contributed by atoms with E-state index in [4.69, 9.17) is 9.47 Å². The summed E-state index contributed by atoms with van der Waals surface area (Å²) in [7, 11) is 0. The zero-order valence-electron chi connectivity index (χ0n) is 19.7. The van der Waals surface area contributed by atoms with Crippen molar-refractivity contribution in [2.45, 2.75) is 78.2 Å². The van der Waals surface area contributed by atoms with Gasteiger partial charge in [-0.2, -0.15) is 0 Å². The van der Waals surface area contributed by atoms with Gasteiger partial charge in [-0.1, -0.05) is 34.3 Å². The molecule has 1 rings (SSSR count). The van der Waals surface area contributed by atoms with Gasteiger partial charge in [0.25, 0.3) is 0 Å². The minimum absolute atomic E-state index is 0. The quantitative estimate of drug-likeness (QED) is 0.551. The Morgan fingerprint density at radius 1 is 1.24 bits per heavy atom. The van der Waals surface area contributed by atoms with E-state index in [0.717, 1.165) is 37.3 Å². The first-order valence-corrected chi connectivity index (χ1v) is 11.0. The minimum atomic E-state index is -0.473. The van der Waals surface area contributed by atoms with Gasteiger partial charge in [-0.15, -0.1) is 11.8 Å². The first-order valence-electron chi connectivity index (χ1n) is 10.1. The fourth-order valence-corrected chi connectivity index (χ4v) is 3.96. The van der Waals surface area contributed by atoms with E-state index in [-0.39, 0.29) is 23.7 Å². The predicted molar refractivity (Wildman–Crippen MR) is 128 cm³/mol. The first-order chi connectivity index (χ1) is 12.6. The summed E-state index contributed by atoms with van der Waals surface area (Å²) in [6.45, 7) is 23.1. The molecule has 0 atom stereocenters. The Bertz CT molecular complexity index is 504. The number of hydrogen-bond donors (Lipinski definition) is 1. The molecular weight excluding hydrogens is 390 g/mol. The maximum Gasteiger partial charge on any atom is 0.239 e. The highest BCUT2D eigenvalue weighted by atomic mass is 32.2. The summed E-state index contributed by atoms with van der Waals surface area (Å²) in [6, 6.07) is 0. The topological polar surface area (TPSA) is 111 Å². The molecule has 0 unspecified atom stereocenters. The van der Waals surface area contributed by atoms with Crippen LogP contribution in [0.3, 0.4) is 0 Å². The second-order valence-corrected chi connectivity index (χ2v) is 9.69. The number of allylic oxidation sites excluding steroid dienone is 2. The molecule has 0 aromatic heterocycles. The molecule has 7 heteroatoms. The van der Waals surface area contributed by atoms with Crippen molar-refractivity contribution in [3.8, 4) is 0 Å². The lowest BCUT2D eigenvalue weighted by atomic mass is 9.85. The van der Waals surface area contributed by atoms with Crippen LogP contribution in [0.25, 0.3) is 0 Å². The van der Waals surface area contributed by atoms with Crippen LogP contribution in [-0.2, 0) is 14.3 Å². The molecule has 1 aliphatic heterocycles. The summed E-state index contributed by atoms with van der Waals surface area (Å²) in [5.74, 6) is 0.0353. The van der Waals surface area contributed by atoms with E-state index in [1.807, 2.05) is 47.6 Å². The molecule has 6 nitrogen and oxygen atoms in total. The molecule has 176 valence electrons. The Morgan fingerprint density at radius 3 is 2.24 bits per heavy atom. The van der Waals surface area contributed by atoms with Crippen molar-refractivity contribution in [3.05, 3.63) is 23.9 Å². The molecule has 0 spiro atoms. The number of amides is 1. The maximum absolute atomic E-state index is 12.7. The second-order valence-electron chi connectivity index (χ2n) is 7.77. The largest absolute Gasteiger partial charge is 0.412 e. The highest BCUT2D eigenvalue weighted by Gasteiger charge is 2.32. The van der Waals surface area contributed by atoms with E-state index in [9.17, 15) is 4.79 Å². The average molecular weight is 438 g/mol. The lowest BCUT2D eigenvalue weighted by Crippen LogP contribution is -2.41. The molecule has 0 aromatic carbocycles. The molecule has 5 N–H and O–H groups in total. The molecule has 1 saturated heterocycles. The Balaban J connectivity index is -0.000000655. The van der Waals surface area contributed by atoms with Crippen LogP contribution in [0.2, 0.25) is 0 Å². The predicted octanol–water partition coefficient (Wildman–Crippen LogP) is 3.94. The van der Waals surface area contributed by atoms with Crippen molar-refractivity contribution in [2.75, 3.05) is 26.4 Å². The van der Waals surface area contributed by atoms with Gasteiger partial charge in [-0.25, -0.2) is 0 Å². The summed E-state index contributed by atoms with van der Waals surface area (Å²) >= 11 is 1.75. The number of carbonyl (C=O) groups is 1. The van der Waals surface area contributed by atoms with E-state index in [2.05, 4.69) is 25.7 Å². The van der Waals surface area contributed by atoms with Crippen molar-refractivity contribution >= 4 is 17.7 Å². The molecule has 0 aliphatic carbocycles. The van der Waals surface area contributed by atoms with Crippen LogP contribution >= 0.6 is 11.8 Å². The third-order valence-electron chi connectivity index (χ3n) is 4.41. The number of thioether (sulfide) groups is 1. The van der Waals surface area contributed by atoms with Gasteiger partial charge in [0.1, 0.15) is 0 Å². The van der Waals surface area contributed by atoms with Crippen LogP contribution in [0.5, 0.6) is 0 Å². The van der Waals surface area contributed by atoms with Gasteiger partial charge in [0.15, 0.2) is 0 Å². The van der Waals surface area contributed by atoms with Gasteiger partial charge in [-0.05, 0) is 52.2 Å².